The summed E-state index contributed by atoms with van der Waals surface area (Å²) in [6.45, 7) is 0. The predicted molar refractivity (Wildman–Crippen MR) is 44.3 cm³/mol. The van der Waals surface area contributed by atoms with E-state index in [0.29, 0.717) is 11.5 Å². The van der Waals surface area contributed by atoms with Gasteiger partial charge in [0.05, 0.1) is 6.21 Å². The van der Waals surface area contributed by atoms with Crippen LogP contribution in [0.15, 0.2) is 34.4 Å². The molecule has 0 bridgehead atoms. The van der Waals surface area contributed by atoms with Crippen molar-refractivity contribution in [1.29, 1.82) is 0 Å². The summed E-state index contributed by atoms with van der Waals surface area (Å²) < 4.78 is 0. The first kappa shape index (κ1) is 6.84. The van der Waals surface area contributed by atoms with Crippen molar-refractivity contribution >= 4 is 18.0 Å². The van der Waals surface area contributed by atoms with Gasteiger partial charge in [0.25, 0.3) is 5.91 Å². The van der Waals surface area contributed by atoms with Gasteiger partial charge in [-0.1, -0.05) is 6.07 Å². The molecule has 1 aliphatic heterocycles. The molecule has 0 aromatic carbocycles. The monoisotopic (exact) mass is 159 g/mol. The summed E-state index contributed by atoms with van der Waals surface area (Å²) in [4.78, 5) is 22.1. The third-order valence-corrected chi connectivity index (χ3v) is 1.41. The number of amidine groups is 1. The van der Waals surface area contributed by atoms with E-state index in [1.54, 1.807) is 18.3 Å². The van der Waals surface area contributed by atoms with Gasteiger partial charge in [-0.05, 0) is 12.1 Å². The van der Waals surface area contributed by atoms with Gasteiger partial charge in [0.1, 0.15) is 5.69 Å². The fourth-order valence-corrected chi connectivity index (χ4v) is 0.897. The Morgan fingerprint density at radius 3 is 2.75 bits per heavy atom. The average Bonchev–Trinajstić information content (AvgIpc) is 2.54. The van der Waals surface area contributed by atoms with Crippen molar-refractivity contribution in [2.75, 3.05) is 0 Å². The maximum Gasteiger partial charge on any atom is 0.290 e. The Bertz CT molecular complexity index is 367. The molecule has 12 heavy (non-hydrogen) atoms. The van der Waals surface area contributed by atoms with Gasteiger partial charge in [0.2, 0.25) is 0 Å². The Morgan fingerprint density at radius 2 is 2.17 bits per heavy atom. The van der Waals surface area contributed by atoms with Gasteiger partial charge >= 0.3 is 0 Å². The fourth-order valence-electron chi connectivity index (χ4n) is 0.897. The summed E-state index contributed by atoms with van der Waals surface area (Å²) in [5.74, 6) is 0.0660. The first-order valence-electron chi connectivity index (χ1n) is 3.44. The quantitative estimate of drug-likeness (QED) is 0.597. The number of hydrogen-bond donors (Lipinski definition) is 0. The molecule has 0 radical (unpaired) electrons. The molecular weight excluding hydrogens is 154 g/mol. The smallest absolute Gasteiger partial charge is 0.266 e. The lowest BCUT2D eigenvalue weighted by Gasteiger charge is -1.92. The van der Waals surface area contributed by atoms with E-state index in [1.165, 1.54) is 6.21 Å². The summed E-state index contributed by atoms with van der Waals surface area (Å²) in [5, 5.41) is 0. The molecule has 0 N–H and O–H groups in total. The Morgan fingerprint density at radius 1 is 1.25 bits per heavy atom. The van der Waals surface area contributed by atoms with Crippen LogP contribution < -0.4 is 0 Å². The zero-order valence-corrected chi connectivity index (χ0v) is 6.14. The van der Waals surface area contributed by atoms with E-state index in [0.717, 1.165) is 0 Å². The van der Waals surface area contributed by atoms with Crippen molar-refractivity contribution in [1.82, 2.24) is 4.98 Å². The Labute approximate surface area is 68.7 Å². The van der Waals surface area contributed by atoms with Crippen molar-refractivity contribution in [2.45, 2.75) is 0 Å². The zero-order valence-electron chi connectivity index (χ0n) is 6.14. The minimum atomic E-state index is -0.323. The topological polar surface area (TPSA) is 54.7 Å². The molecule has 0 fully saturated rings. The van der Waals surface area contributed by atoms with Crippen LogP contribution in [-0.2, 0) is 4.79 Å². The highest BCUT2D eigenvalue weighted by atomic mass is 16.1. The number of aromatic nitrogens is 1. The lowest BCUT2D eigenvalue weighted by atomic mass is 10.3. The molecule has 1 aliphatic rings. The molecule has 1 aromatic rings. The highest BCUT2D eigenvalue weighted by Crippen LogP contribution is 2.01. The maximum absolute atomic E-state index is 10.7. The number of aliphatic imine (C=N–C) groups is 2. The summed E-state index contributed by atoms with van der Waals surface area (Å²) in [5.41, 5.74) is 0.625. The van der Waals surface area contributed by atoms with Gasteiger partial charge in [-0.3, -0.25) is 9.78 Å². The van der Waals surface area contributed by atoms with E-state index < -0.39 is 0 Å². The van der Waals surface area contributed by atoms with E-state index in [4.69, 9.17) is 0 Å². The van der Waals surface area contributed by atoms with Crippen molar-refractivity contribution < 1.29 is 4.79 Å². The van der Waals surface area contributed by atoms with Crippen molar-refractivity contribution in [2.24, 2.45) is 9.98 Å². The third-order valence-electron chi connectivity index (χ3n) is 1.41. The van der Waals surface area contributed by atoms with Crippen molar-refractivity contribution in [3.05, 3.63) is 30.1 Å². The lowest BCUT2D eigenvalue weighted by Crippen LogP contribution is -1.96. The summed E-state index contributed by atoms with van der Waals surface area (Å²) >= 11 is 0. The summed E-state index contributed by atoms with van der Waals surface area (Å²) in [6, 6.07) is 5.38. The molecule has 2 rings (SSSR count). The molecule has 1 amide bonds. The molecule has 1 aromatic heterocycles. The second-order valence-electron chi connectivity index (χ2n) is 2.25. The average molecular weight is 159 g/mol. The van der Waals surface area contributed by atoms with Gasteiger partial charge in [-0.15, -0.1) is 0 Å². The van der Waals surface area contributed by atoms with Gasteiger partial charge in [-0.2, -0.15) is 4.99 Å². The van der Waals surface area contributed by atoms with Crippen molar-refractivity contribution in [3.63, 3.8) is 0 Å². The molecule has 0 saturated heterocycles. The molecule has 0 aliphatic carbocycles. The van der Waals surface area contributed by atoms with Gasteiger partial charge in [0.15, 0.2) is 5.84 Å². The molecule has 0 atom stereocenters. The molecule has 4 nitrogen and oxygen atoms in total. The maximum atomic E-state index is 10.7. The van der Waals surface area contributed by atoms with Crippen LogP contribution in [0, 0.1) is 0 Å². The largest absolute Gasteiger partial charge is 0.290 e. The minimum Gasteiger partial charge on any atom is -0.266 e. The summed E-state index contributed by atoms with van der Waals surface area (Å²) in [7, 11) is 0. The number of pyridine rings is 1. The van der Waals surface area contributed by atoms with Gasteiger partial charge in [0, 0.05) is 6.20 Å². The van der Waals surface area contributed by atoms with E-state index in [9.17, 15) is 4.79 Å². The molecule has 0 spiro atoms. The molecule has 2 heterocycles. The fraction of sp³-hybridized carbons (Fsp3) is 0. The van der Waals surface area contributed by atoms with Crippen LogP contribution in [0.3, 0.4) is 0 Å². The first-order chi connectivity index (χ1) is 5.86. The zero-order chi connectivity index (χ0) is 8.39. The van der Waals surface area contributed by atoms with Crippen LogP contribution in [-0.4, -0.2) is 22.9 Å². The van der Waals surface area contributed by atoms with Crippen molar-refractivity contribution in [3.8, 4) is 0 Å². The number of carbonyl (C=O) groups is 1. The molecule has 0 unspecified atom stereocenters. The number of carbonyl (C=O) groups excluding carboxylic acids is 1. The molecule has 4 heteroatoms. The van der Waals surface area contributed by atoms with Crippen LogP contribution in [0.4, 0.5) is 0 Å². The SMILES string of the molecule is O=C1C=NC(c2ccccn2)=N1. The highest BCUT2D eigenvalue weighted by Gasteiger charge is 2.10. The van der Waals surface area contributed by atoms with Crippen LogP contribution >= 0.6 is 0 Å². The standard InChI is InChI=1S/C8H5N3O/c12-7-5-10-8(11-7)6-3-1-2-4-9-6/h1-5H. The molecule has 58 valence electrons. The second-order valence-corrected chi connectivity index (χ2v) is 2.25. The number of nitrogens with zero attached hydrogens (tertiary/aromatic N) is 3. The van der Waals surface area contributed by atoms with Crippen LogP contribution in [0.5, 0.6) is 0 Å². The minimum absolute atomic E-state index is 0.323. The number of rotatable bonds is 1. The number of amides is 1. The lowest BCUT2D eigenvalue weighted by molar-refractivity contribution is -0.111. The van der Waals surface area contributed by atoms with E-state index in [-0.39, 0.29) is 5.91 Å². The van der Waals surface area contributed by atoms with Crippen LogP contribution in [0.25, 0.3) is 0 Å². The molecule has 0 saturated carbocycles. The first-order valence-corrected chi connectivity index (χ1v) is 3.44. The summed E-state index contributed by atoms with van der Waals surface area (Å²) in [6.07, 6.45) is 2.82. The third kappa shape index (κ3) is 1.14. The van der Waals surface area contributed by atoms with E-state index >= 15 is 0 Å². The Balaban J connectivity index is 2.40. The van der Waals surface area contributed by atoms with E-state index in [2.05, 4.69) is 15.0 Å². The van der Waals surface area contributed by atoms with E-state index in [1.807, 2.05) is 6.07 Å². The highest BCUT2D eigenvalue weighted by molar-refractivity contribution is 6.36. The van der Waals surface area contributed by atoms with Crippen LogP contribution in [0.2, 0.25) is 0 Å². The molecular formula is C8H5N3O. The normalized spacial score (nSPS) is 15.0. The Hall–Kier alpha value is -1.84. The van der Waals surface area contributed by atoms with Gasteiger partial charge < -0.3 is 0 Å². The van der Waals surface area contributed by atoms with Crippen LogP contribution in [0.1, 0.15) is 5.69 Å². The number of hydrogen-bond acceptors (Lipinski definition) is 3. The predicted octanol–water partition coefficient (Wildman–Crippen LogP) is 0.439. The van der Waals surface area contributed by atoms with Gasteiger partial charge in [-0.25, -0.2) is 4.99 Å². The Kier molecular flexibility index (Phi) is 1.51. The second kappa shape index (κ2) is 2.65.